The first kappa shape index (κ1) is 14.0. The zero-order valence-corrected chi connectivity index (χ0v) is 11.6. The van der Waals surface area contributed by atoms with Gasteiger partial charge in [-0.1, -0.05) is 77.0 Å². The molecule has 0 spiro atoms. The zero-order chi connectivity index (χ0) is 12.7. The summed E-state index contributed by atoms with van der Waals surface area (Å²) in [6.45, 7) is 10.5. The lowest BCUT2D eigenvalue weighted by atomic mass is 9.98. The van der Waals surface area contributed by atoms with Crippen molar-refractivity contribution in [3.63, 3.8) is 0 Å². The first-order valence-electron chi connectivity index (χ1n) is 6.87. The van der Waals surface area contributed by atoms with Crippen LogP contribution in [0.3, 0.4) is 0 Å². The van der Waals surface area contributed by atoms with E-state index in [0.29, 0.717) is 5.92 Å². The van der Waals surface area contributed by atoms with Gasteiger partial charge in [0.15, 0.2) is 0 Å². The van der Waals surface area contributed by atoms with E-state index in [-0.39, 0.29) is 0 Å². The van der Waals surface area contributed by atoms with Crippen LogP contribution in [0.5, 0.6) is 0 Å². The summed E-state index contributed by atoms with van der Waals surface area (Å²) in [4.78, 5) is 0. The second-order valence-electron chi connectivity index (χ2n) is 5.35. The van der Waals surface area contributed by atoms with Crippen LogP contribution in [-0.2, 0) is 6.42 Å². The summed E-state index contributed by atoms with van der Waals surface area (Å²) in [5.41, 5.74) is 2.67. The summed E-state index contributed by atoms with van der Waals surface area (Å²) in [6, 6.07) is 8.44. The van der Waals surface area contributed by atoms with Gasteiger partial charge < -0.3 is 0 Å². The quantitative estimate of drug-likeness (QED) is 0.655. The highest BCUT2D eigenvalue weighted by Crippen LogP contribution is 2.31. The topological polar surface area (TPSA) is 0 Å². The Morgan fingerprint density at radius 2 is 1.94 bits per heavy atom. The average Bonchev–Trinajstić information content (AvgIpc) is 3.13. The van der Waals surface area contributed by atoms with Crippen LogP contribution in [0.4, 0.5) is 0 Å². The molecule has 17 heavy (non-hydrogen) atoms. The maximum Gasteiger partial charge on any atom is -0.0230 e. The molecule has 0 heterocycles. The molecule has 0 nitrogen and oxygen atoms in total. The van der Waals surface area contributed by atoms with E-state index >= 15 is 0 Å². The fourth-order valence-electron chi connectivity index (χ4n) is 1.89. The predicted octanol–water partition coefficient (Wildman–Crippen LogP) is 5.33. The molecular weight excluding hydrogens is 204 g/mol. The molecule has 0 amide bonds. The Morgan fingerprint density at radius 3 is 2.35 bits per heavy atom. The molecule has 0 unspecified atom stereocenters. The van der Waals surface area contributed by atoms with Gasteiger partial charge in [-0.25, -0.2) is 0 Å². The van der Waals surface area contributed by atoms with Gasteiger partial charge in [0.1, 0.15) is 0 Å². The van der Waals surface area contributed by atoms with Crippen LogP contribution in [0.1, 0.15) is 51.2 Å². The molecule has 0 bridgehead atoms. The number of hydrogen-bond acceptors (Lipinski definition) is 0. The van der Waals surface area contributed by atoms with Crippen LogP contribution >= 0.6 is 0 Å². The molecule has 0 N–H and O–H groups in total. The molecule has 1 aliphatic carbocycles. The molecule has 1 fully saturated rings. The molecule has 0 aromatic heterocycles. The first-order valence-corrected chi connectivity index (χ1v) is 6.87. The van der Waals surface area contributed by atoms with Crippen molar-refractivity contribution in [2.24, 2.45) is 11.8 Å². The summed E-state index contributed by atoms with van der Waals surface area (Å²) >= 11 is 0. The minimum absolute atomic E-state index is 0.714. The van der Waals surface area contributed by atoms with E-state index in [9.17, 15) is 0 Å². The Bertz CT molecular complexity index is 332. The van der Waals surface area contributed by atoms with Gasteiger partial charge in [-0.15, -0.1) is 0 Å². The van der Waals surface area contributed by atoms with E-state index in [1.165, 1.54) is 30.4 Å². The number of rotatable bonds is 4. The fourth-order valence-corrected chi connectivity index (χ4v) is 1.89. The van der Waals surface area contributed by atoms with Crippen LogP contribution in [0.2, 0.25) is 0 Å². The van der Waals surface area contributed by atoms with Crippen LogP contribution in [-0.4, -0.2) is 0 Å². The minimum atomic E-state index is 0.714. The standard InChI is InChI=1S/C12H16.C5H10/c1-4-11-7-5-6-8-12(11)9-10(2)3;1-2-5-3-4-5/h4-8,10H,1,9H2,2-3H3;5H,2-4H2,1H3. The Kier molecular flexibility index (Phi) is 6.04. The summed E-state index contributed by atoms with van der Waals surface area (Å²) in [5.74, 6) is 1.85. The molecule has 1 aromatic rings. The van der Waals surface area contributed by atoms with E-state index in [2.05, 4.69) is 51.6 Å². The smallest absolute Gasteiger partial charge is 0.0230 e. The Labute approximate surface area is 107 Å². The SMILES string of the molecule is C=Cc1ccccc1CC(C)C.CCC1CC1. The zero-order valence-electron chi connectivity index (χ0n) is 11.6. The van der Waals surface area contributed by atoms with Crippen molar-refractivity contribution < 1.29 is 0 Å². The van der Waals surface area contributed by atoms with E-state index in [4.69, 9.17) is 0 Å². The molecule has 1 aromatic carbocycles. The largest absolute Gasteiger partial charge is 0.0985 e. The van der Waals surface area contributed by atoms with Crippen molar-refractivity contribution in [2.75, 3.05) is 0 Å². The van der Waals surface area contributed by atoms with Crippen molar-refractivity contribution in [2.45, 2.75) is 46.5 Å². The molecular formula is C17H26. The summed E-state index contributed by atoms with van der Waals surface area (Å²) in [5, 5.41) is 0. The fraction of sp³-hybridized carbons (Fsp3) is 0.529. The van der Waals surface area contributed by atoms with Gasteiger partial charge >= 0.3 is 0 Å². The minimum Gasteiger partial charge on any atom is -0.0985 e. The van der Waals surface area contributed by atoms with E-state index in [0.717, 1.165) is 12.3 Å². The van der Waals surface area contributed by atoms with Gasteiger partial charge in [-0.05, 0) is 29.4 Å². The normalized spacial score (nSPS) is 14.1. The van der Waals surface area contributed by atoms with Gasteiger partial charge in [0.2, 0.25) is 0 Å². The van der Waals surface area contributed by atoms with Crippen LogP contribution in [0.15, 0.2) is 30.8 Å². The highest BCUT2D eigenvalue weighted by atomic mass is 14.2. The third kappa shape index (κ3) is 5.72. The molecule has 1 aliphatic rings. The van der Waals surface area contributed by atoms with Gasteiger partial charge in [-0.2, -0.15) is 0 Å². The molecule has 94 valence electrons. The monoisotopic (exact) mass is 230 g/mol. The van der Waals surface area contributed by atoms with E-state index < -0.39 is 0 Å². The molecule has 0 saturated heterocycles. The van der Waals surface area contributed by atoms with Crippen molar-refractivity contribution in [3.05, 3.63) is 42.0 Å². The number of benzene rings is 1. The lowest BCUT2D eigenvalue weighted by Crippen LogP contribution is -1.95. The predicted molar refractivity (Wildman–Crippen MR) is 78.1 cm³/mol. The van der Waals surface area contributed by atoms with Crippen molar-refractivity contribution in [3.8, 4) is 0 Å². The maximum atomic E-state index is 3.80. The average molecular weight is 230 g/mol. The summed E-state index contributed by atoms with van der Waals surface area (Å²) < 4.78 is 0. The Hall–Kier alpha value is -1.04. The first-order chi connectivity index (χ1) is 8.17. The third-order valence-corrected chi connectivity index (χ3v) is 3.18. The highest BCUT2D eigenvalue weighted by Gasteiger charge is 2.17. The molecule has 2 rings (SSSR count). The maximum absolute atomic E-state index is 3.80. The van der Waals surface area contributed by atoms with E-state index in [1.807, 2.05) is 6.08 Å². The molecule has 1 saturated carbocycles. The van der Waals surface area contributed by atoms with Crippen LogP contribution in [0, 0.1) is 11.8 Å². The lowest BCUT2D eigenvalue weighted by molar-refractivity contribution is 0.646. The molecule has 0 radical (unpaired) electrons. The molecule has 0 atom stereocenters. The van der Waals surface area contributed by atoms with Crippen LogP contribution in [0.25, 0.3) is 6.08 Å². The van der Waals surface area contributed by atoms with Gasteiger partial charge in [-0.3, -0.25) is 0 Å². The second kappa shape index (κ2) is 7.32. The Morgan fingerprint density at radius 1 is 1.29 bits per heavy atom. The molecule has 0 heteroatoms. The van der Waals surface area contributed by atoms with Gasteiger partial charge in [0, 0.05) is 0 Å². The summed E-state index contributed by atoms with van der Waals surface area (Å²) in [7, 11) is 0. The highest BCUT2D eigenvalue weighted by molar-refractivity contribution is 5.51. The van der Waals surface area contributed by atoms with Crippen LogP contribution < -0.4 is 0 Å². The van der Waals surface area contributed by atoms with Crippen molar-refractivity contribution in [1.29, 1.82) is 0 Å². The lowest BCUT2D eigenvalue weighted by Gasteiger charge is -2.07. The molecule has 0 aliphatic heterocycles. The van der Waals surface area contributed by atoms with Crippen molar-refractivity contribution in [1.82, 2.24) is 0 Å². The van der Waals surface area contributed by atoms with Gasteiger partial charge in [0.05, 0.1) is 0 Å². The van der Waals surface area contributed by atoms with Crippen molar-refractivity contribution >= 4 is 6.08 Å². The third-order valence-electron chi connectivity index (χ3n) is 3.18. The Balaban J connectivity index is 0.000000239. The second-order valence-corrected chi connectivity index (χ2v) is 5.35. The van der Waals surface area contributed by atoms with E-state index in [1.54, 1.807) is 0 Å². The van der Waals surface area contributed by atoms with Gasteiger partial charge in [0.25, 0.3) is 0 Å². The number of hydrogen-bond donors (Lipinski definition) is 0. The summed E-state index contributed by atoms with van der Waals surface area (Å²) in [6.07, 6.45) is 7.51.